The van der Waals surface area contributed by atoms with E-state index in [1.54, 1.807) is 6.92 Å². The maximum atomic E-state index is 11.2. The molecule has 0 aliphatic carbocycles. The highest BCUT2D eigenvalue weighted by molar-refractivity contribution is 5.69. The minimum atomic E-state index is -1.70. The fraction of sp³-hybridized carbons (Fsp3) is 0.833. The Bertz CT molecular complexity index is 306. The average molecular weight is 294 g/mol. The van der Waals surface area contributed by atoms with Crippen LogP contribution in [0.3, 0.4) is 0 Å². The normalized spacial score (nSPS) is 16.9. The number of aliphatic hydroxyl groups is 4. The van der Waals surface area contributed by atoms with Gasteiger partial charge in [-0.05, 0) is 0 Å². The van der Waals surface area contributed by atoms with Gasteiger partial charge in [0.15, 0.2) is 6.10 Å². The fourth-order valence-corrected chi connectivity index (χ4v) is 1.31. The van der Waals surface area contributed by atoms with Gasteiger partial charge in [0.25, 0.3) is 0 Å². The molecule has 0 aromatic rings. The maximum Gasteiger partial charge on any atom is 0.305 e. The minimum Gasteiger partial charge on any atom is -0.463 e. The van der Waals surface area contributed by atoms with E-state index < -0.39 is 49.6 Å². The Morgan fingerprint density at radius 1 is 1.00 bits per heavy atom. The molecular weight excluding hydrogens is 272 g/mol. The Kier molecular flexibility index (Phi) is 9.06. The van der Waals surface area contributed by atoms with E-state index in [0.29, 0.717) is 0 Å². The molecule has 0 amide bonds. The fourth-order valence-electron chi connectivity index (χ4n) is 1.31. The van der Waals surface area contributed by atoms with E-state index in [9.17, 15) is 24.9 Å². The molecule has 4 N–H and O–H groups in total. The number of esters is 2. The smallest absolute Gasteiger partial charge is 0.305 e. The van der Waals surface area contributed by atoms with Crippen molar-refractivity contribution in [2.24, 2.45) is 0 Å². The van der Waals surface area contributed by atoms with E-state index in [0.717, 1.165) is 0 Å². The summed E-state index contributed by atoms with van der Waals surface area (Å²) in [6.45, 7) is 1.80. The van der Waals surface area contributed by atoms with Crippen LogP contribution in [-0.2, 0) is 19.1 Å². The molecule has 4 atom stereocenters. The second-order valence-corrected chi connectivity index (χ2v) is 4.15. The van der Waals surface area contributed by atoms with Gasteiger partial charge in [-0.1, -0.05) is 13.8 Å². The molecule has 20 heavy (non-hydrogen) atoms. The minimum absolute atomic E-state index is 0.00227. The lowest BCUT2D eigenvalue weighted by molar-refractivity contribution is -0.179. The summed E-state index contributed by atoms with van der Waals surface area (Å²) in [5, 5.41) is 37.8. The molecule has 0 heterocycles. The molecule has 0 aromatic heterocycles. The first-order valence-corrected chi connectivity index (χ1v) is 6.37. The number of ether oxygens (including phenoxy) is 2. The quantitative estimate of drug-likeness (QED) is 0.371. The van der Waals surface area contributed by atoms with Gasteiger partial charge in [-0.3, -0.25) is 9.59 Å². The molecule has 0 saturated carbocycles. The highest BCUT2D eigenvalue weighted by Gasteiger charge is 2.35. The van der Waals surface area contributed by atoms with Crippen LogP contribution in [0.15, 0.2) is 0 Å². The number of carbonyl (C=O) groups is 2. The lowest BCUT2D eigenvalue weighted by Gasteiger charge is -2.29. The maximum absolute atomic E-state index is 11.2. The van der Waals surface area contributed by atoms with E-state index in [1.165, 1.54) is 6.92 Å². The molecule has 0 aliphatic rings. The van der Waals surface area contributed by atoms with Crippen LogP contribution < -0.4 is 0 Å². The summed E-state index contributed by atoms with van der Waals surface area (Å²) >= 11 is 0. The van der Waals surface area contributed by atoms with Gasteiger partial charge < -0.3 is 29.9 Å². The first-order chi connectivity index (χ1) is 9.37. The zero-order valence-corrected chi connectivity index (χ0v) is 11.6. The van der Waals surface area contributed by atoms with Gasteiger partial charge in [0.1, 0.15) is 24.9 Å². The van der Waals surface area contributed by atoms with Crippen molar-refractivity contribution in [1.29, 1.82) is 0 Å². The average Bonchev–Trinajstić information content (AvgIpc) is 2.47. The highest BCUT2D eigenvalue weighted by atomic mass is 16.6. The van der Waals surface area contributed by atoms with Crippen molar-refractivity contribution in [3.05, 3.63) is 0 Å². The van der Waals surface area contributed by atoms with Crippen LogP contribution in [0.2, 0.25) is 0 Å². The van der Waals surface area contributed by atoms with Crippen molar-refractivity contribution in [1.82, 2.24) is 0 Å². The molecular formula is C12H22O8. The molecule has 8 heteroatoms. The number of hydrogen-bond acceptors (Lipinski definition) is 8. The van der Waals surface area contributed by atoms with Crippen LogP contribution in [-0.4, -0.2) is 70.0 Å². The Morgan fingerprint density at radius 2 is 1.55 bits per heavy atom. The molecule has 0 radical (unpaired) electrons. The van der Waals surface area contributed by atoms with Gasteiger partial charge in [0, 0.05) is 12.8 Å². The van der Waals surface area contributed by atoms with Gasteiger partial charge in [0.05, 0.1) is 6.61 Å². The van der Waals surface area contributed by atoms with Gasteiger partial charge in [-0.15, -0.1) is 0 Å². The van der Waals surface area contributed by atoms with E-state index in [1.807, 2.05) is 0 Å². The molecule has 0 aromatic carbocycles. The van der Waals surface area contributed by atoms with Gasteiger partial charge >= 0.3 is 11.9 Å². The summed E-state index contributed by atoms with van der Waals surface area (Å²) in [4.78, 5) is 22.1. The van der Waals surface area contributed by atoms with Gasteiger partial charge in [0.2, 0.25) is 0 Å². The standard InChI is InChI=1S/C12H22O8/c1-3-9(16)19-6-8(15)11(18)12(7(14)5-13)20-10(17)4-2/h7-8,11-15,18H,3-6H2,1-2H3/t7-,8+,11-,12-/m1/s1. The SMILES string of the molecule is CCC(=O)OC[C@H](O)[C@@H](O)[C@H](OC(=O)CC)[C@H](O)CO. The van der Waals surface area contributed by atoms with Crippen LogP contribution >= 0.6 is 0 Å². The summed E-state index contributed by atoms with van der Waals surface area (Å²) in [5.41, 5.74) is 0. The predicted molar refractivity (Wildman–Crippen MR) is 66.5 cm³/mol. The Labute approximate surface area is 116 Å². The van der Waals surface area contributed by atoms with Crippen LogP contribution in [0.25, 0.3) is 0 Å². The van der Waals surface area contributed by atoms with E-state index in [2.05, 4.69) is 4.74 Å². The largest absolute Gasteiger partial charge is 0.463 e. The third-order valence-corrected chi connectivity index (χ3v) is 2.56. The molecule has 0 aliphatic heterocycles. The number of hydrogen-bond donors (Lipinski definition) is 4. The van der Waals surface area contributed by atoms with Gasteiger partial charge in [-0.2, -0.15) is 0 Å². The predicted octanol–water partition coefficient (Wildman–Crippen LogP) is -1.66. The summed E-state index contributed by atoms with van der Waals surface area (Å²) in [7, 11) is 0. The lowest BCUT2D eigenvalue weighted by Crippen LogP contribution is -2.49. The van der Waals surface area contributed by atoms with Crippen LogP contribution in [0.1, 0.15) is 26.7 Å². The van der Waals surface area contributed by atoms with E-state index in [4.69, 9.17) is 9.84 Å². The molecule has 0 rings (SSSR count). The zero-order chi connectivity index (χ0) is 15.7. The van der Waals surface area contributed by atoms with Crippen molar-refractivity contribution in [3.63, 3.8) is 0 Å². The summed E-state index contributed by atoms with van der Waals surface area (Å²) in [6, 6.07) is 0. The molecule has 118 valence electrons. The van der Waals surface area contributed by atoms with Crippen molar-refractivity contribution in [2.45, 2.75) is 51.1 Å². The third kappa shape index (κ3) is 6.29. The Hall–Kier alpha value is -1.22. The van der Waals surface area contributed by atoms with Crippen molar-refractivity contribution >= 4 is 11.9 Å². The van der Waals surface area contributed by atoms with Crippen LogP contribution in [0, 0.1) is 0 Å². The Balaban J connectivity index is 4.62. The van der Waals surface area contributed by atoms with Crippen molar-refractivity contribution in [3.8, 4) is 0 Å². The van der Waals surface area contributed by atoms with Crippen LogP contribution in [0.5, 0.6) is 0 Å². The summed E-state index contributed by atoms with van der Waals surface area (Å²) in [5.74, 6) is -1.28. The second-order valence-electron chi connectivity index (χ2n) is 4.15. The molecule has 0 bridgehead atoms. The topological polar surface area (TPSA) is 134 Å². The van der Waals surface area contributed by atoms with Crippen molar-refractivity contribution in [2.75, 3.05) is 13.2 Å². The first kappa shape index (κ1) is 18.8. The molecule has 8 nitrogen and oxygen atoms in total. The highest BCUT2D eigenvalue weighted by Crippen LogP contribution is 2.11. The molecule has 0 saturated heterocycles. The second kappa shape index (κ2) is 9.65. The monoisotopic (exact) mass is 294 g/mol. The number of carbonyl (C=O) groups excluding carboxylic acids is 2. The van der Waals surface area contributed by atoms with E-state index in [-0.39, 0.29) is 12.8 Å². The molecule has 0 spiro atoms. The zero-order valence-electron chi connectivity index (χ0n) is 11.6. The van der Waals surface area contributed by atoms with Gasteiger partial charge in [-0.25, -0.2) is 0 Å². The first-order valence-electron chi connectivity index (χ1n) is 6.37. The molecule has 0 fully saturated rings. The lowest BCUT2D eigenvalue weighted by atomic mass is 10.0. The number of rotatable bonds is 9. The Morgan fingerprint density at radius 3 is 2.00 bits per heavy atom. The van der Waals surface area contributed by atoms with Crippen molar-refractivity contribution < 1.29 is 39.5 Å². The summed E-state index contributed by atoms with van der Waals surface area (Å²) < 4.78 is 9.40. The van der Waals surface area contributed by atoms with Crippen LogP contribution in [0.4, 0.5) is 0 Å². The third-order valence-electron chi connectivity index (χ3n) is 2.56. The van der Waals surface area contributed by atoms with E-state index >= 15 is 0 Å². The number of aliphatic hydroxyl groups excluding tert-OH is 4. The molecule has 0 unspecified atom stereocenters. The summed E-state index contributed by atoms with van der Waals surface area (Å²) in [6.07, 6.45) is -6.21.